The van der Waals surface area contributed by atoms with E-state index in [9.17, 15) is 0 Å². The van der Waals surface area contributed by atoms with Crippen molar-refractivity contribution in [2.45, 2.75) is 45.4 Å². The normalized spacial score (nSPS) is 10.6. The second-order valence-corrected chi connectivity index (χ2v) is 2.79. The fourth-order valence-corrected chi connectivity index (χ4v) is 0.982. The first kappa shape index (κ1) is 10.5. The molecule has 0 bridgehead atoms. The number of hydrogen-bond acceptors (Lipinski definition) is 0. The van der Waals surface area contributed by atoms with Crippen LogP contribution in [0.5, 0.6) is 0 Å². The van der Waals surface area contributed by atoms with Crippen molar-refractivity contribution in [2.75, 3.05) is 0 Å². The minimum atomic E-state index is 0.910. The van der Waals surface area contributed by atoms with E-state index in [1.54, 1.807) is 6.08 Å². The molecule has 0 heteroatoms. The van der Waals surface area contributed by atoms with Crippen LogP contribution in [0.15, 0.2) is 18.2 Å². The standard InChI is InChI=1S/C11H19/c1-3-5-7-9-11-10-8-6-4-2/h1,3,7,9H,4-6,8,10-11H2,2H3/b3-1?,9-7+. The zero-order valence-corrected chi connectivity index (χ0v) is 7.55. The van der Waals surface area contributed by atoms with Crippen LogP contribution in [0.1, 0.15) is 45.4 Å². The molecule has 1 radical (unpaired) electrons. The first-order valence-electron chi connectivity index (χ1n) is 4.60. The molecule has 0 spiro atoms. The molecule has 0 N–H and O–H groups in total. The quantitative estimate of drug-likeness (QED) is 0.382. The van der Waals surface area contributed by atoms with E-state index in [0.717, 1.165) is 6.42 Å². The van der Waals surface area contributed by atoms with Gasteiger partial charge in [0.25, 0.3) is 0 Å². The molecule has 11 heavy (non-hydrogen) atoms. The molecule has 0 aliphatic heterocycles. The van der Waals surface area contributed by atoms with Gasteiger partial charge in [-0.3, -0.25) is 0 Å². The SMILES string of the molecule is [CH]=CC/C=C/CCCCCC. The van der Waals surface area contributed by atoms with Crippen LogP contribution in [0.4, 0.5) is 0 Å². The summed E-state index contributed by atoms with van der Waals surface area (Å²) >= 11 is 0. The highest BCUT2D eigenvalue weighted by molar-refractivity contribution is 4.86. The van der Waals surface area contributed by atoms with E-state index in [1.807, 2.05) is 0 Å². The highest BCUT2D eigenvalue weighted by Gasteiger charge is 1.83. The summed E-state index contributed by atoms with van der Waals surface area (Å²) in [6, 6.07) is 0. The first-order chi connectivity index (χ1) is 5.41. The average molecular weight is 151 g/mol. The fraction of sp³-hybridized carbons (Fsp3) is 0.636. The summed E-state index contributed by atoms with van der Waals surface area (Å²) in [5.41, 5.74) is 0. The fourth-order valence-electron chi connectivity index (χ4n) is 0.982. The van der Waals surface area contributed by atoms with Crippen molar-refractivity contribution in [3.8, 4) is 0 Å². The maximum Gasteiger partial charge on any atom is -0.0166 e. The van der Waals surface area contributed by atoms with Crippen molar-refractivity contribution in [3.63, 3.8) is 0 Å². The topological polar surface area (TPSA) is 0 Å². The van der Waals surface area contributed by atoms with Gasteiger partial charge >= 0.3 is 0 Å². The Bertz CT molecular complexity index is 101. The predicted molar refractivity (Wildman–Crippen MR) is 51.4 cm³/mol. The molecule has 0 heterocycles. The van der Waals surface area contributed by atoms with Gasteiger partial charge in [-0.15, -0.1) is 0 Å². The Kier molecular flexibility index (Phi) is 9.03. The highest BCUT2D eigenvalue weighted by atomic mass is 13.9. The molecular formula is C11H19. The van der Waals surface area contributed by atoms with Gasteiger partial charge < -0.3 is 0 Å². The third-order valence-corrected chi connectivity index (χ3v) is 1.66. The van der Waals surface area contributed by atoms with Crippen LogP contribution in [-0.4, -0.2) is 0 Å². The largest absolute Gasteiger partial charge is 0.0882 e. The summed E-state index contributed by atoms with van der Waals surface area (Å²) in [6.07, 6.45) is 13.5. The van der Waals surface area contributed by atoms with Crippen LogP contribution >= 0.6 is 0 Å². The number of allylic oxidation sites excluding steroid dienone is 3. The van der Waals surface area contributed by atoms with Gasteiger partial charge in [0.1, 0.15) is 0 Å². The molecule has 0 fully saturated rings. The minimum Gasteiger partial charge on any atom is -0.0882 e. The lowest BCUT2D eigenvalue weighted by Gasteiger charge is -1.93. The van der Waals surface area contributed by atoms with Gasteiger partial charge in [-0.1, -0.05) is 51.0 Å². The number of rotatable bonds is 7. The molecule has 0 saturated carbocycles. The molecule has 0 unspecified atom stereocenters. The van der Waals surface area contributed by atoms with Gasteiger partial charge in [-0.05, 0) is 19.3 Å². The number of hydrogen-bond donors (Lipinski definition) is 0. The van der Waals surface area contributed by atoms with E-state index in [2.05, 4.69) is 19.1 Å². The van der Waals surface area contributed by atoms with Gasteiger partial charge in [0.05, 0.1) is 0 Å². The Labute approximate surface area is 71.0 Å². The van der Waals surface area contributed by atoms with Gasteiger partial charge in [0.2, 0.25) is 0 Å². The maximum absolute atomic E-state index is 5.21. The Balaban J connectivity index is 2.94. The van der Waals surface area contributed by atoms with Crippen LogP contribution in [0.3, 0.4) is 0 Å². The molecule has 0 aliphatic rings. The van der Waals surface area contributed by atoms with Crippen LogP contribution in [-0.2, 0) is 0 Å². The third-order valence-electron chi connectivity index (χ3n) is 1.66. The zero-order chi connectivity index (χ0) is 8.36. The molecule has 0 amide bonds. The molecular weight excluding hydrogens is 132 g/mol. The predicted octanol–water partition coefficient (Wildman–Crippen LogP) is 3.89. The summed E-state index contributed by atoms with van der Waals surface area (Å²) < 4.78 is 0. The Morgan fingerprint density at radius 2 is 1.91 bits per heavy atom. The van der Waals surface area contributed by atoms with E-state index in [1.165, 1.54) is 32.1 Å². The van der Waals surface area contributed by atoms with E-state index in [-0.39, 0.29) is 0 Å². The van der Waals surface area contributed by atoms with Crippen LogP contribution in [0.25, 0.3) is 0 Å². The Hall–Kier alpha value is -0.520. The highest BCUT2D eigenvalue weighted by Crippen LogP contribution is 2.02. The minimum absolute atomic E-state index is 0.910. The summed E-state index contributed by atoms with van der Waals surface area (Å²) in [4.78, 5) is 0. The molecule has 0 atom stereocenters. The molecule has 0 aromatic rings. The average Bonchev–Trinajstić information content (AvgIpc) is 2.03. The summed E-state index contributed by atoms with van der Waals surface area (Å²) in [7, 11) is 0. The lowest BCUT2D eigenvalue weighted by atomic mass is 10.1. The van der Waals surface area contributed by atoms with E-state index < -0.39 is 0 Å². The van der Waals surface area contributed by atoms with E-state index in [0.29, 0.717) is 0 Å². The molecule has 0 nitrogen and oxygen atoms in total. The Morgan fingerprint density at radius 1 is 1.09 bits per heavy atom. The maximum atomic E-state index is 5.21. The van der Waals surface area contributed by atoms with Gasteiger partial charge in [0.15, 0.2) is 0 Å². The van der Waals surface area contributed by atoms with Crippen molar-refractivity contribution in [1.82, 2.24) is 0 Å². The van der Waals surface area contributed by atoms with Crippen LogP contribution in [0.2, 0.25) is 0 Å². The van der Waals surface area contributed by atoms with Crippen molar-refractivity contribution >= 4 is 0 Å². The van der Waals surface area contributed by atoms with Gasteiger partial charge in [-0.2, -0.15) is 0 Å². The van der Waals surface area contributed by atoms with Crippen molar-refractivity contribution in [1.29, 1.82) is 0 Å². The Morgan fingerprint density at radius 3 is 2.55 bits per heavy atom. The number of unbranched alkanes of at least 4 members (excludes halogenated alkanes) is 4. The van der Waals surface area contributed by atoms with E-state index >= 15 is 0 Å². The lowest BCUT2D eigenvalue weighted by molar-refractivity contribution is 0.674. The van der Waals surface area contributed by atoms with Crippen molar-refractivity contribution in [3.05, 3.63) is 24.8 Å². The summed E-state index contributed by atoms with van der Waals surface area (Å²) in [5.74, 6) is 0. The first-order valence-corrected chi connectivity index (χ1v) is 4.60. The molecule has 0 saturated heterocycles. The van der Waals surface area contributed by atoms with E-state index in [4.69, 9.17) is 6.58 Å². The van der Waals surface area contributed by atoms with Crippen molar-refractivity contribution in [2.24, 2.45) is 0 Å². The zero-order valence-electron chi connectivity index (χ0n) is 7.55. The second-order valence-electron chi connectivity index (χ2n) is 2.79. The van der Waals surface area contributed by atoms with Gasteiger partial charge in [-0.25, -0.2) is 0 Å². The molecule has 0 aromatic heterocycles. The third kappa shape index (κ3) is 9.48. The van der Waals surface area contributed by atoms with Crippen molar-refractivity contribution < 1.29 is 0 Å². The molecule has 0 aromatic carbocycles. The van der Waals surface area contributed by atoms with Gasteiger partial charge in [0, 0.05) is 0 Å². The molecule has 63 valence electrons. The monoisotopic (exact) mass is 151 g/mol. The second kappa shape index (κ2) is 9.48. The lowest BCUT2D eigenvalue weighted by Crippen LogP contribution is -1.73. The summed E-state index contributed by atoms with van der Waals surface area (Å²) in [5, 5.41) is 0. The van der Waals surface area contributed by atoms with Crippen LogP contribution in [0, 0.1) is 6.58 Å². The molecule has 0 rings (SSSR count). The molecule has 0 aliphatic carbocycles. The van der Waals surface area contributed by atoms with Crippen LogP contribution < -0.4 is 0 Å². The summed E-state index contributed by atoms with van der Waals surface area (Å²) in [6.45, 7) is 7.45. The smallest absolute Gasteiger partial charge is 0.0166 e.